The van der Waals surface area contributed by atoms with Crippen LogP contribution in [-0.4, -0.2) is 49.9 Å². The van der Waals surface area contributed by atoms with Crippen LogP contribution in [-0.2, 0) is 25.5 Å². The van der Waals surface area contributed by atoms with Crippen LogP contribution in [0.5, 0.6) is 5.75 Å². The molecule has 37 heavy (non-hydrogen) atoms. The predicted octanol–water partition coefficient (Wildman–Crippen LogP) is 4.29. The van der Waals surface area contributed by atoms with E-state index >= 15 is 0 Å². The first-order valence-corrected chi connectivity index (χ1v) is 12.9. The van der Waals surface area contributed by atoms with Gasteiger partial charge in [-0.15, -0.1) is 0 Å². The molecule has 0 heterocycles. The standard InChI is InChI=1S/C28H35ClN2O6/c1-28(2,27(34)36-18-35-26(33)23-6-4-5-7-24(23)30-3)37-22-14-8-19(9-15-22)16-17-31-25(32)20-10-12-21(29)13-11-20/h8-15,23-24,30H,4-7,16-18H2,1-3H3,(H,31,32)/t23?,24-/m0/s1. The lowest BCUT2D eigenvalue weighted by Gasteiger charge is -2.29. The summed E-state index contributed by atoms with van der Waals surface area (Å²) in [6.45, 7) is 3.21. The number of hydrogen-bond acceptors (Lipinski definition) is 7. The molecule has 1 aliphatic carbocycles. The average Bonchev–Trinajstić information content (AvgIpc) is 2.89. The molecule has 2 aromatic carbocycles. The molecule has 9 heteroatoms. The molecule has 0 bridgehead atoms. The van der Waals surface area contributed by atoms with E-state index in [-0.39, 0.29) is 23.8 Å². The van der Waals surface area contributed by atoms with Gasteiger partial charge in [-0.2, -0.15) is 0 Å². The zero-order valence-electron chi connectivity index (χ0n) is 21.6. The molecule has 2 N–H and O–H groups in total. The van der Waals surface area contributed by atoms with E-state index in [0.29, 0.717) is 29.3 Å². The molecule has 1 fully saturated rings. The molecule has 0 aliphatic heterocycles. The highest BCUT2D eigenvalue weighted by molar-refractivity contribution is 6.30. The summed E-state index contributed by atoms with van der Waals surface area (Å²) in [4.78, 5) is 37.2. The summed E-state index contributed by atoms with van der Waals surface area (Å²) in [5.74, 6) is -0.894. The fraction of sp³-hybridized carbons (Fsp3) is 0.464. The van der Waals surface area contributed by atoms with Gasteiger partial charge in [0.25, 0.3) is 5.91 Å². The molecule has 1 amide bonds. The molecule has 0 saturated heterocycles. The smallest absolute Gasteiger partial charge is 0.352 e. The van der Waals surface area contributed by atoms with Crippen molar-refractivity contribution in [2.75, 3.05) is 20.4 Å². The molecule has 1 aliphatic rings. The Balaban J connectivity index is 1.41. The van der Waals surface area contributed by atoms with Gasteiger partial charge in [-0.25, -0.2) is 4.79 Å². The SMILES string of the molecule is CN[C@H]1CCCCC1C(=O)OCOC(=O)C(C)(C)Oc1ccc(CCNC(=O)c2ccc(Cl)cc2)cc1. The molecular formula is C28H35ClN2O6. The second-order valence-electron chi connectivity index (χ2n) is 9.57. The van der Waals surface area contributed by atoms with E-state index < -0.39 is 18.4 Å². The van der Waals surface area contributed by atoms with Gasteiger partial charge < -0.3 is 24.8 Å². The Kier molecular flexibility index (Phi) is 10.3. The maximum absolute atomic E-state index is 12.6. The van der Waals surface area contributed by atoms with E-state index in [1.807, 2.05) is 19.2 Å². The summed E-state index contributed by atoms with van der Waals surface area (Å²) in [6, 6.07) is 14.0. The minimum Gasteiger partial charge on any atom is -0.476 e. The fourth-order valence-electron chi connectivity index (χ4n) is 4.26. The molecule has 1 unspecified atom stereocenters. The highest BCUT2D eigenvalue weighted by Gasteiger charge is 2.34. The van der Waals surface area contributed by atoms with E-state index in [2.05, 4.69) is 10.6 Å². The Morgan fingerprint density at radius 3 is 2.32 bits per heavy atom. The van der Waals surface area contributed by atoms with E-state index in [9.17, 15) is 14.4 Å². The lowest BCUT2D eigenvalue weighted by molar-refractivity contribution is -0.180. The summed E-state index contributed by atoms with van der Waals surface area (Å²) in [5.41, 5.74) is 0.269. The normalized spacial score (nSPS) is 17.5. The molecule has 2 atom stereocenters. The number of esters is 2. The van der Waals surface area contributed by atoms with Gasteiger partial charge in [-0.1, -0.05) is 36.6 Å². The Labute approximate surface area is 223 Å². The van der Waals surface area contributed by atoms with Crippen molar-refractivity contribution in [2.24, 2.45) is 5.92 Å². The Morgan fingerprint density at radius 1 is 0.973 bits per heavy atom. The number of carbonyl (C=O) groups is 3. The van der Waals surface area contributed by atoms with E-state index in [4.69, 9.17) is 25.8 Å². The van der Waals surface area contributed by atoms with Crippen molar-refractivity contribution < 1.29 is 28.6 Å². The zero-order chi connectivity index (χ0) is 26.8. The molecule has 0 radical (unpaired) electrons. The van der Waals surface area contributed by atoms with Crippen LogP contribution in [0.3, 0.4) is 0 Å². The van der Waals surface area contributed by atoms with Gasteiger partial charge in [0.2, 0.25) is 6.79 Å². The highest BCUT2D eigenvalue weighted by Crippen LogP contribution is 2.25. The molecular weight excluding hydrogens is 496 g/mol. The highest BCUT2D eigenvalue weighted by atomic mass is 35.5. The Bertz CT molecular complexity index is 1060. The molecule has 1 saturated carbocycles. The van der Waals surface area contributed by atoms with Crippen LogP contribution in [0.15, 0.2) is 48.5 Å². The average molecular weight is 531 g/mol. The number of benzene rings is 2. The monoisotopic (exact) mass is 530 g/mol. The van der Waals surface area contributed by atoms with E-state index in [1.54, 1.807) is 50.2 Å². The number of hydrogen-bond donors (Lipinski definition) is 2. The van der Waals surface area contributed by atoms with Crippen molar-refractivity contribution in [1.82, 2.24) is 10.6 Å². The second kappa shape index (κ2) is 13.4. The summed E-state index contributed by atoms with van der Waals surface area (Å²) >= 11 is 5.85. The zero-order valence-corrected chi connectivity index (χ0v) is 22.3. The third-order valence-corrected chi connectivity index (χ3v) is 6.68. The number of ether oxygens (including phenoxy) is 3. The lowest BCUT2D eigenvalue weighted by Crippen LogP contribution is -2.42. The number of rotatable bonds is 11. The molecule has 0 spiro atoms. The lowest BCUT2D eigenvalue weighted by atomic mass is 9.84. The van der Waals surface area contributed by atoms with Gasteiger partial charge in [-0.3, -0.25) is 9.59 Å². The van der Waals surface area contributed by atoms with Crippen LogP contribution in [0.1, 0.15) is 55.5 Å². The van der Waals surface area contributed by atoms with Crippen molar-refractivity contribution in [1.29, 1.82) is 0 Å². The first-order valence-electron chi connectivity index (χ1n) is 12.5. The maximum atomic E-state index is 12.6. The number of halogens is 1. The summed E-state index contributed by atoms with van der Waals surface area (Å²) < 4.78 is 16.2. The van der Waals surface area contributed by atoms with Gasteiger partial charge in [0.05, 0.1) is 5.92 Å². The molecule has 0 aromatic heterocycles. The molecule has 3 rings (SSSR count). The van der Waals surface area contributed by atoms with Crippen LogP contribution >= 0.6 is 11.6 Å². The fourth-order valence-corrected chi connectivity index (χ4v) is 4.39. The van der Waals surface area contributed by atoms with Crippen LogP contribution in [0.2, 0.25) is 5.02 Å². The van der Waals surface area contributed by atoms with Gasteiger partial charge in [0, 0.05) is 23.2 Å². The van der Waals surface area contributed by atoms with E-state index in [1.165, 1.54) is 0 Å². The third-order valence-electron chi connectivity index (χ3n) is 6.42. The van der Waals surface area contributed by atoms with Crippen LogP contribution < -0.4 is 15.4 Å². The van der Waals surface area contributed by atoms with Crippen LogP contribution in [0.4, 0.5) is 0 Å². The van der Waals surface area contributed by atoms with Gasteiger partial charge in [0.15, 0.2) is 5.60 Å². The minimum atomic E-state index is -1.28. The van der Waals surface area contributed by atoms with Crippen LogP contribution in [0.25, 0.3) is 0 Å². The summed E-state index contributed by atoms with van der Waals surface area (Å²) in [5, 5.41) is 6.62. The van der Waals surface area contributed by atoms with Crippen molar-refractivity contribution in [2.45, 2.75) is 57.6 Å². The van der Waals surface area contributed by atoms with Gasteiger partial charge in [-0.05, 0) is 82.1 Å². The van der Waals surface area contributed by atoms with Gasteiger partial charge in [0.1, 0.15) is 5.75 Å². The van der Waals surface area contributed by atoms with Crippen molar-refractivity contribution in [3.05, 3.63) is 64.7 Å². The van der Waals surface area contributed by atoms with Crippen molar-refractivity contribution >= 4 is 29.4 Å². The van der Waals surface area contributed by atoms with Crippen LogP contribution in [0, 0.1) is 5.92 Å². The summed E-state index contributed by atoms with van der Waals surface area (Å²) in [7, 11) is 1.84. The van der Waals surface area contributed by atoms with Gasteiger partial charge >= 0.3 is 11.9 Å². The molecule has 2 aromatic rings. The topological polar surface area (TPSA) is 103 Å². The molecule has 200 valence electrons. The Morgan fingerprint density at radius 2 is 1.65 bits per heavy atom. The van der Waals surface area contributed by atoms with Crippen molar-refractivity contribution in [3.8, 4) is 5.75 Å². The number of amides is 1. The predicted molar refractivity (Wildman–Crippen MR) is 140 cm³/mol. The first-order chi connectivity index (χ1) is 17.7. The third kappa shape index (κ3) is 8.47. The Hall–Kier alpha value is -3.10. The maximum Gasteiger partial charge on any atom is 0.352 e. The summed E-state index contributed by atoms with van der Waals surface area (Å²) in [6.07, 6.45) is 4.38. The second-order valence-corrected chi connectivity index (χ2v) is 10.0. The molecule has 8 nitrogen and oxygen atoms in total. The first kappa shape index (κ1) is 28.5. The number of nitrogens with one attached hydrogen (secondary N) is 2. The quantitative estimate of drug-likeness (QED) is 0.330. The minimum absolute atomic E-state index is 0.0828. The number of carbonyl (C=O) groups excluding carboxylic acids is 3. The van der Waals surface area contributed by atoms with Crippen molar-refractivity contribution in [3.63, 3.8) is 0 Å². The van der Waals surface area contributed by atoms with E-state index in [0.717, 1.165) is 31.2 Å². The largest absolute Gasteiger partial charge is 0.476 e.